The lowest BCUT2D eigenvalue weighted by molar-refractivity contribution is 0.0932. The van der Waals surface area contributed by atoms with Crippen molar-refractivity contribution in [3.63, 3.8) is 0 Å². The minimum absolute atomic E-state index is 0.0884. The molecule has 2 rings (SSSR count). The Hall–Kier alpha value is -1.85. The summed E-state index contributed by atoms with van der Waals surface area (Å²) in [5, 5.41) is 3.00. The van der Waals surface area contributed by atoms with E-state index in [0.29, 0.717) is 24.5 Å². The average Bonchev–Trinajstić information content (AvgIpc) is 2.57. The Morgan fingerprint density at radius 2 is 1.91 bits per heavy atom. The molecule has 0 saturated heterocycles. The maximum absolute atomic E-state index is 12.6. The Morgan fingerprint density at radius 3 is 2.61 bits per heavy atom. The van der Waals surface area contributed by atoms with Crippen LogP contribution in [0.15, 0.2) is 53.0 Å². The maximum Gasteiger partial charge on any atom is 0.255 e. The molecule has 0 aliphatic rings. The minimum Gasteiger partial charge on any atom is -0.490 e. The molecule has 0 aromatic heterocycles. The van der Waals surface area contributed by atoms with Crippen LogP contribution in [0, 0.1) is 0 Å². The molecule has 1 unspecified atom stereocenters. The quantitative estimate of drug-likeness (QED) is 0.742. The highest BCUT2D eigenvalue weighted by Gasteiger charge is 2.16. The fourth-order valence-corrected chi connectivity index (χ4v) is 2.50. The molecule has 2 aromatic carbocycles. The lowest BCUT2D eigenvalue weighted by Crippen LogP contribution is -2.27. The number of hydrogen-bond acceptors (Lipinski definition) is 3. The summed E-state index contributed by atoms with van der Waals surface area (Å²) in [6.07, 6.45) is 0. The van der Waals surface area contributed by atoms with E-state index in [2.05, 4.69) is 21.2 Å². The molecule has 2 aromatic rings. The predicted molar refractivity (Wildman–Crippen MR) is 93.8 cm³/mol. The van der Waals surface area contributed by atoms with E-state index in [1.54, 1.807) is 19.2 Å². The molecule has 0 spiro atoms. The average molecular weight is 378 g/mol. The summed E-state index contributed by atoms with van der Waals surface area (Å²) in [6, 6.07) is 15.1. The summed E-state index contributed by atoms with van der Waals surface area (Å²) in [4.78, 5) is 12.6. The first-order valence-electron chi connectivity index (χ1n) is 7.39. The van der Waals surface area contributed by atoms with Crippen molar-refractivity contribution in [3.05, 3.63) is 64.1 Å². The SMILES string of the molecule is COCCOc1ccc(Br)cc1C(=O)NC(C)c1ccccc1. The summed E-state index contributed by atoms with van der Waals surface area (Å²) >= 11 is 3.40. The molecule has 1 atom stereocenters. The van der Waals surface area contributed by atoms with E-state index in [1.807, 2.05) is 43.3 Å². The van der Waals surface area contributed by atoms with Crippen LogP contribution < -0.4 is 10.1 Å². The Kier molecular flexibility index (Phi) is 6.62. The van der Waals surface area contributed by atoms with Crippen LogP contribution in [0.4, 0.5) is 0 Å². The largest absolute Gasteiger partial charge is 0.490 e. The first-order chi connectivity index (χ1) is 11.1. The van der Waals surface area contributed by atoms with Gasteiger partial charge in [0.25, 0.3) is 5.91 Å². The third-order valence-corrected chi connectivity index (χ3v) is 3.87. The third-order valence-electron chi connectivity index (χ3n) is 3.38. The summed E-state index contributed by atoms with van der Waals surface area (Å²) in [5.41, 5.74) is 1.55. The molecule has 0 radical (unpaired) electrons. The third kappa shape index (κ3) is 5.08. The first kappa shape index (κ1) is 17.5. The number of carbonyl (C=O) groups is 1. The van der Waals surface area contributed by atoms with Crippen molar-refractivity contribution in [3.8, 4) is 5.75 Å². The molecule has 0 fully saturated rings. The molecule has 1 amide bonds. The van der Waals surface area contributed by atoms with Gasteiger partial charge in [-0.25, -0.2) is 0 Å². The number of carbonyl (C=O) groups excluding carboxylic acids is 1. The van der Waals surface area contributed by atoms with Crippen molar-refractivity contribution in [2.45, 2.75) is 13.0 Å². The fourth-order valence-electron chi connectivity index (χ4n) is 2.14. The molecule has 1 N–H and O–H groups in total. The highest BCUT2D eigenvalue weighted by atomic mass is 79.9. The summed E-state index contributed by atoms with van der Waals surface area (Å²) < 4.78 is 11.4. The monoisotopic (exact) mass is 377 g/mol. The smallest absolute Gasteiger partial charge is 0.255 e. The standard InChI is InChI=1S/C18H20BrNO3/c1-13(14-6-4-3-5-7-14)20-18(21)16-12-15(19)8-9-17(16)23-11-10-22-2/h3-9,12-13H,10-11H2,1-2H3,(H,20,21). The molecule has 23 heavy (non-hydrogen) atoms. The first-order valence-corrected chi connectivity index (χ1v) is 8.18. The van der Waals surface area contributed by atoms with Crippen molar-refractivity contribution in [1.82, 2.24) is 5.32 Å². The van der Waals surface area contributed by atoms with Gasteiger partial charge in [0, 0.05) is 11.6 Å². The van der Waals surface area contributed by atoms with Crippen LogP contribution in [0.25, 0.3) is 0 Å². The van der Waals surface area contributed by atoms with Gasteiger partial charge in [-0.05, 0) is 30.7 Å². The van der Waals surface area contributed by atoms with Gasteiger partial charge in [0.05, 0.1) is 18.2 Å². The van der Waals surface area contributed by atoms with E-state index >= 15 is 0 Å². The van der Waals surface area contributed by atoms with Crippen LogP contribution in [0.2, 0.25) is 0 Å². The highest BCUT2D eigenvalue weighted by molar-refractivity contribution is 9.10. The number of halogens is 1. The van der Waals surface area contributed by atoms with Crippen molar-refractivity contribution >= 4 is 21.8 Å². The van der Waals surface area contributed by atoms with E-state index < -0.39 is 0 Å². The molecule has 0 aliphatic carbocycles. The molecular formula is C18H20BrNO3. The van der Waals surface area contributed by atoms with Gasteiger partial charge in [-0.15, -0.1) is 0 Å². The topological polar surface area (TPSA) is 47.6 Å². The molecule has 0 aliphatic heterocycles. The maximum atomic E-state index is 12.6. The Labute approximate surface area is 144 Å². The van der Waals surface area contributed by atoms with Crippen molar-refractivity contribution < 1.29 is 14.3 Å². The van der Waals surface area contributed by atoms with Crippen LogP contribution in [-0.2, 0) is 4.74 Å². The van der Waals surface area contributed by atoms with Crippen molar-refractivity contribution in [2.75, 3.05) is 20.3 Å². The summed E-state index contributed by atoms with van der Waals surface area (Å²) in [5.74, 6) is 0.373. The normalized spacial score (nSPS) is 11.8. The van der Waals surface area contributed by atoms with E-state index in [4.69, 9.17) is 9.47 Å². The van der Waals surface area contributed by atoms with E-state index in [9.17, 15) is 4.79 Å². The fraction of sp³-hybridized carbons (Fsp3) is 0.278. The second kappa shape index (κ2) is 8.70. The van der Waals surface area contributed by atoms with E-state index in [0.717, 1.165) is 10.0 Å². The molecule has 5 heteroatoms. The van der Waals surface area contributed by atoms with Crippen LogP contribution in [-0.4, -0.2) is 26.2 Å². The van der Waals surface area contributed by atoms with Gasteiger partial charge in [-0.2, -0.15) is 0 Å². The van der Waals surface area contributed by atoms with Gasteiger partial charge in [0.2, 0.25) is 0 Å². The second-order valence-corrected chi connectivity index (χ2v) is 6.00. The van der Waals surface area contributed by atoms with Crippen LogP contribution in [0.1, 0.15) is 28.9 Å². The van der Waals surface area contributed by atoms with Crippen LogP contribution >= 0.6 is 15.9 Å². The van der Waals surface area contributed by atoms with Gasteiger partial charge in [0.1, 0.15) is 12.4 Å². The Morgan fingerprint density at radius 1 is 1.17 bits per heavy atom. The summed E-state index contributed by atoms with van der Waals surface area (Å²) in [7, 11) is 1.61. The van der Waals surface area contributed by atoms with E-state index in [-0.39, 0.29) is 11.9 Å². The highest BCUT2D eigenvalue weighted by Crippen LogP contribution is 2.24. The number of benzene rings is 2. The Bertz CT molecular complexity index is 646. The zero-order valence-corrected chi connectivity index (χ0v) is 14.8. The lowest BCUT2D eigenvalue weighted by Gasteiger charge is -2.16. The lowest BCUT2D eigenvalue weighted by atomic mass is 10.1. The number of methoxy groups -OCH3 is 1. The predicted octanol–water partition coefficient (Wildman–Crippen LogP) is 3.97. The van der Waals surface area contributed by atoms with Crippen molar-refractivity contribution in [1.29, 1.82) is 0 Å². The minimum atomic E-state index is -0.171. The molecular weight excluding hydrogens is 358 g/mol. The summed E-state index contributed by atoms with van der Waals surface area (Å²) in [6.45, 7) is 2.82. The molecule has 0 bridgehead atoms. The van der Waals surface area contributed by atoms with Gasteiger partial charge in [-0.3, -0.25) is 4.79 Å². The second-order valence-electron chi connectivity index (χ2n) is 5.09. The number of amides is 1. The Balaban J connectivity index is 2.12. The molecule has 0 heterocycles. The van der Waals surface area contributed by atoms with Crippen LogP contribution in [0.5, 0.6) is 5.75 Å². The van der Waals surface area contributed by atoms with Gasteiger partial charge in [-0.1, -0.05) is 46.3 Å². The number of nitrogens with one attached hydrogen (secondary N) is 1. The van der Waals surface area contributed by atoms with Gasteiger partial charge < -0.3 is 14.8 Å². The van der Waals surface area contributed by atoms with Crippen molar-refractivity contribution in [2.24, 2.45) is 0 Å². The molecule has 0 saturated carbocycles. The molecule has 122 valence electrons. The number of hydrogen-bond donors (Lipinski definition) is 1. The zero-order chi connectivity index (χ0) is 16.7. The van der Waals surface area contributed by atoms with Gasteiger partial charge >= 0.3 is 0 Å². The van der Waals surface area contributed by atoms with E-state index in [1.165, 1.54) is 0 Å². The van der Waals surface area contributed by atoms with Crippen LogP contribution in [0.3, 0.4) is 0 Å². The van der Waals surface area contributed by atoms with Gasteiger partial charge in [0.15, 0.2) is 0 Å². The zero-order valence-electron chi connectivity index (χ0n) is 13.2. The number of ether oxygens (including phenoxy) is 2. The number of rotatable bonds is 7. The molecule has 4 nitrogen and oxygen atoms in total.